The third kappa shape index (κ3) is 5.30. The van der Waals surface area contributed by atoms with Crippen LogP contribution in [0.2, 0.25) is 0 Å². The molecule has 11 aromatic carbocycles. The molecule has 0 saturated carbocycles. The SMILES string of the molecule is c1ccc(-c2ccc(-c3cccc(-n4c5ccccc5c5cc(-c6ccc7c(c6)c6ccccc6n7-c6ccc7c8ccccc8c8ccccc8c7c6)ccc54)c3)cc2)cc1. The lowest BCUT2D eigenvalue weighted by Gasteiger charge is -2.14. The monoisotopic (exact) mass is 786 g/mol. The second-order valence-electron chi connectivity index (χ2n) is 16.5. The van der Waals surface area contributed by atoms with Crippen molar-refractivity contribution in [3.05, 3.63) is 231 Å². The number of aromatic nitrogens is 2. The quantitative estimate of drug-likeness (QED) is 0.154. The van der Waals surface area contributed by atoms with Gasteiger partial charge in [-0.1, -0.05) is 170 Å². The Morgan fingerprint density at radius 2 is 0.548 bits per heavy atom. The van der Waals surface area contributed by atoms with Gasteiger partial charge in [0, 0.05) is 32.9 Å². The third-order valence-electron chi connectivity index (χ3n) is 13.1. The lowest BCUT2D eigenvalue weighted by atomic mass is 9.94. The number of hydrogen-bond acceptors (Lipinski definition) is 0. The molecule has 2 aromatic heterocycles. The van der Waals surface area contributed by atoms with E-state index in [0.717, 1.165) is 5.69 Å². The van der Waals surface area contributed by atoms with Crippen molar-refractivity contribution < 1.29 is 0 Å². The van der Waals surface area contributed by atoms with Crippen molar-refractivity contribution >= 4 is 75.9 Å². The van der Waals surface area contributed by atoms with E-state index < -0.39 is 0 Å². The average Bonchev–Trinajstić information content (AvgIpc) is 3.86. The molecule has 62 heavy (non-hydrogen) atoms. The molecular weight excluding hydrogens is 749 g/mol. The van der Waals surface area contributed by atoms with Gasteiger partial charge in [-0.2, -0.15) is 0 Å². The molecule has 13 aromatic rings. The van der Waals surface area contributed by atoms with Gasteiger partial charge in [0.25, 0.3) is 0 Å². The van der Waals surface area contributed by atoms with Crippen molar-refractivity contribution in [2.75, 3.05) is 0 Å². The van der Waals surface area contributed by atoms with Gasteiger partial charge in [0.2, 0.25) is 0 Å². The summed E-state index contributed by atoms with van der Waals surface area (Å²) in [5.41, 5.74) is 14.4. The molecule has 2 heterocycles. The number of fused-ring (bicyclic) bond motifs is 12. The predicted octanol–water partition coefficient (Wildman–Crippen LogP) is 16.3. The van der Waals surface area contributed by atoms with Crippen LogP contribution in [0.5, 0.6) is 0 Å². The van der Waals surface area contributed by atoms with Crippen LogP contribution >= 0.6 is 0 Å². The zero-order valence-electron chi connectivity index (χ0n) is 33.8. The summed E-state index contributed by atoms with van der Waals surface area (Å²) in [6.45, 7) is 0. The van der Waals surface area contributed by atoms with E-state index >= 15 is 0 Å². The first-order valence-corrected chi connectivity index (χ1v) is 21.4. The summed E-state index contributed by atoms with van der Waals surface area (Å²) >= 11 is 0. The molecule has 0 unspecified atom stereocenters. The van der Waals surface area contributed by atoms with E-state index in [0.29, 0.717) is 0 Å². The van der Waals surface area contributed by atoms with Crippen LogP contribution in [0.15, 0.2) is 231 Å². The highest BCUT2D eigenvalue weighted by molar-refractivity contribution is 6.25. The molecule has 0 amide bonds. The minimum absolute atomic E-state index is 1.15. The van der Waals surface area contributed by atoms with Crippen molar-refractivity contribution in [3.8, 4) is 44.8 Å². The average molecular weight is 787 g/mol. The summed E-state index contributed by atoms with van der Waals surface area (Å²) < 4.78 is 4.86. The van der Waals surface area contributed by atoms with Crippen LogP contribution in [0.25, 0.3) is 121 Å². The topological polar surface area (TPSA) is 9.86 Å². The number of nitrogens with zero attached hydrogens (tertiary/aromatic N) is 2. The Morgan fingerprint density at radius 3 is 1.11 bits per heavy atom. The van der Waals surface area contributed by atoms with Crippen LogP contribution in [0.3, 0.4) is 0 Å². The number of benzene rings is 11. The first-order valence-electron chi connectivity index (χ1n) is 21.4. The zero-order chi connectivity index (χ0) is 40.7. The molecule has 0 aliphatic carbocycles. The fourth-order valence-electron chi connectivity index (χ4n) is 10.2. The molecule has 0 spiro atoms. The van der Waals surface area contributed by atoms with Gasteiger partial charge >= 0.3 is 0 Å². The Balaban J connectivity index is 0.927. The summed E-state index contributed by atoms with van der Waals surface area (Å²) in [6.07, 6.45) is 0. The summed E-state index contributed by atoms with van der Waals surface area (Å²) in [5, 5.41) is 12.7. The summed E-state index contributed by atoms with van der Waals surface area (Å²) in [5.74, 6) is 0. The first-order chi connectivity index (χ1) is 30.7. The lowest BCUT2D eigenvalue weighted by molar-refractivity contribution is 1.18. The molecule has 0 saturated heterocycles. The van der Waals surface area contributed by atoms with Crippen LogP contribution in [-0.4, -0.2) is 9.13 Å². The first kappa shape index (κ1) is 34.6. The molecule has 0 atom stereocenters. The molecule has 0 aliphatic rings. The molecule has 0 radical (unpaired) electrons. The number of para-hydroxylation sites is 2. The van der Waals surface area contributed by atoms with Gasteiger partial charge in [-0.25, -0.2) is 0 Å². The van der Waals surface area contributed by atoms with Gasteiger partial charge in [-0.3, -0.25) is 0 Å². The summed E-state index contributed by atoms with van der Waals surface area (Å²) in [7, 11) is 0. The van der Waals surface area contributed by atoms with Gasteiger partial charge < -0.3 is 9.13 Å². The Morgan fingerprint density at radius 1 is 0.177 bits per heavy atom. The van der Waals surface area contributed by atoms with Crippen LogP contribution < -0.4 is 0 Å². The van der Waals surface area contributed by atoms with Crippen LogP contribution in [-0.2, 0) is 0 Å². The maximum atomic E-state index is 2.44. The molecular formula is C60H38N2. The number of hydrogen-bond donors (Lipinski definition) is 0. The summed E-state index contributed by atoms with van der Waals surface area (Å²) in [4.78, 5) is 0. The van der Waals surface area contributed by atoms with E-state index in [9.17, 15) is 0 Å². The van der Waals surface area contributed by atoms with E-state index in [1.165, 1.54) is 115 Å². The highest BCUT2D eigenvalue weighted by Crippen LogP contribution is 2.41. The summed E-state index contributed by atoms with van der Waals surface area (Å²) in [6, 6.07) is 84.7. The smallest absolute Gasteiger partial charge is 0.0541 e. The van der Waals surface area contributed by atoms with Gasteiger partial charge in [0.05, 0.1) is 22.1 Å². The Bertz CT molecular complexity index is 3870. The Kier molecular flexibility index (Phi) is 7.64. The van der Waals surface area contributed by atoms with Crippen molar-refractivity contribution in [1.29, 1.82) is 0 Å². The minimum Gasteiger partial charge on any atom is -0.309 e. The van der Waals surface area contributed by atoms with Crippen LogP contribution in [0.4, 0.5) is 0 Å². The second kappa shape index (κ2) is 13.7. The maximum Gasteiger partial charge on any atom is 0.0541 e. The molecule has 0 fully saturated rings. The van der Waals surface area contributed by atoms with Crippen LogP contribution in [0, 0.1) is 0 Å². The van der Waals surface area contributed by atoms with E-state index in [2.05, 4.69) is 240 Å². The molecule has 13 rings (SSSR count). The van der Waals surface area contributed by atoms with Gasteiger partial charge in [-0.05, 0) is 126 Å². The van der Waals surface area contributed by atoms with Gasteiger partial charge in [-0.15, -0.1) is 0 Å². The Labute approximate surface area is 358 Å². The van der Waals surface area contributed by atoms with Crippen molar-refractivity contribution in [1.82, 2.24) is 9.13 Å². The van der Waals surface area contributed by atoms with E-state index in [-0.39, 0.29) is 0 Å². The maximum absolute atomic E-state index is 2.44. The van der Waals surface area contributed by atoms with Gasteiger partial charge in [0.1, 0.15) is 0 Å². The third-order valence-corrected chi connectivity index (χ3v) is 13.1. The molecule has 288 valence electrons. The lowest BCUT2D eigenvalue weighted by Crippen LogP contribution is -1.95. The van der Waals surface area contributed by atoms with Crippen molar-refractivity contribution in [2.24, 2.45) is 0 Å². The van der Waals surface area contributed by atoms with Gasteiger partial charge in [0.15, 0.2) is 0 Å². The standard InChI is InChI=1S/C60H38N2/c1-2-13-39(14-3-1)40-25-27-41(28-26-40)42-15-12-16-45(35-42)61-57-23-10-8-21-52(57)55-36-43(29-33-59(55)61)44-30-34-60-56(37-44)53-22-9-11-24-58(53)62(60)46-31-32-51-49-19-5-4-17-47(49)48-18-6-7-20-50(48)54(51)38-46/h1-38H. The fourth-order valence-corrected chi connectivity index (χ4v) is 10.2. The van der Waals surface area contributed by atoms with Crippen LogP contribution in [0.1, 0.15) is 0 Å². The largest absolute Gasteiger partial charge is 0.309 e. The Hall–Kier alpha value is -8.20. The number of rotatable bonds is 5. The van der Waals surface area contributed by atoms with E-state index in [4.69, 9.17) is 0 Å². The highest BCUT2D eigenvalue weighted by Gasteiger charge is 2.18. The minimum atomic E-state index is 1.15. The predicted molar refractivity (Wildman–Crippen MR) is 264 cm³/mol. The van der Waals surface area contributed by atoms with E-state index in [1.54, 1.807) is 0 Å². The van der Waals surface area contributed by atoms with Crippen molar-refractivity contribution in [2.45, 2.75) is 0 Å². The highest BCUT2D eigenvalue weighted by atomic mass is 15.0. The fraction of sp³-hybridized carbons (Fsp3) is 0. The second-order valence-corrected chi connectivity index (χ2v) is 16.5. The molecule has 0 aliphatic heterocycles. The van der Waals surface area contributed by atoms with Crippen molar-refractivity contribution in [3.63, 3.8) is 0 Å². The molecule has 2 heteroatoms. The normalized spacial score (nSPS) is 11.9. The molecule has 0 bridgehead atoms. The van der Waals surface area contributed by atoms with E-state index in [1.807, 2.05) is 0 Å². The zero-order valence-corrected chi connectivity index (χ0v) is 33.8. The molecule has 2 nitrogen and oxygen atoms in total. The molecule has 0 N–H and O–H groups in total.